The molecule has 0 bridgehead atoms. The van der Waals surface area contributed by atoms with Crippen LogP contribution in [-0.2, 0) is 14.3 Å². The first-order valence-electron chi connectivity index (χ1n) is 3.68. The van der Waals surface area contributed by atoms with E-state index < -0.39 is 24.0 Å². The zero-order valence-electron chi connectivity index (χ0n) is 6.40. The van der Waals surface area contributed by atoms with E-state index >= 15 is 0 Å². The summed E-state index contributed by atoms with van der Waals surface area (Å²) in [6.45, 7) is 0.00625. The Morgan fingerprint density at radius 2 is 1.83 bits per heavy atom. The van der Waals surface area contributed by atoms with Crippen LogP contribution in [0.15, 0.2) is 0 Å². The first kappa shape index (κ1) is 8.99. The molecule has 0 radical (unpaired) electrons. The maximum Gasteiger partial charge on any atom is 0.332 e. The van der Waals surface area contributed by atoms with Crippen LogP contribution >= 0.6 is 0 Å². The number of rotatable bonds is 2. The Morgan fingerprint density at radius 3 is 2.17 bits per heavy atom. The van der Waals surface area contributed by atoms with Crippen LogP contribution in [-0.4, -0.2) is 34.9 Å². The van der Waals surface area contributed by atoms with E-state index in [0.717, 1.165) is 0 Å². The lowest BCUT2D eigenvalue weighted by Crippen LogP contribution is -2.35. The molecule has 1 saturated heterocycles. The zero-order chi connectivity index (χ0) is 9.14. The SMILES string of the molecule is O=C(O)[C@H]1CC[C@H](C(=O)O)OC1. The fourth-order valence-electron chi connectivity index (χ4n) is 1.14. The van der Waals surface area contributed by atoms with Crippen molar-refractivity contribution in [1.82, 2.24) is 0 Å². The van der Waals surface area contributed by atoms with Crippen molar-refractivity contribution in [1.29, 1.82) is 0 Å². The second kappa shape index (κ2) is 3.53. The molecule has 5 nitrogen and oxygen atoms in total. The second-order valence-electron chi connectivity index (χ2n) is 2.77. The van der Waals surface area contributed by atoms with Crippen LogP contribution < -0.4 is 0 Å². The van der Waals surface area contributed by atoms with Gasteiger partial charge in [-0.15, -0.1) is 0 Å². The molecule has 2 atom stereocenters. The lowest BCUT2D eigenvalue weighted by Gasteiger charge is -2.23. The van der Waals surface area contributed by atoms with Gasteiger partial charge < -0.3 is 14.9 Å². The van der Waals surface area contributed by atoms with Crippen LogP contribution in [0.1, 0.15) is 12.8 Å². The first-order valence-corrected chi connectivity index (χ1v) is 3.68. The third-order valence-corrected chi connectivity index (χ3v) is 1.90. The summed E-state index contributed by atoms with van der Waals surface area (Å²) in [5.41, 5.74) is 0. The van der Waals surface area contributed by atoms with E-state index in [0.29, 0.717) is 6.42 Å². The molecular weight excluding hydrogens is 164 g/mol. The minimum atomic E-state index is -1.01. The molecule has 0 aliphatic carbocycles. The zero-order valence-corrected chi connectivity index (χ0v) is 6.40. The summed E-state index contributed by atoms with van der Waals surface area (Å²) in [4.78, 5) is 20.8. The topological polar surface area (TPSA) is 83.8 Å². The maximum atomic E-state index is 10.4. The molecule has 12 heavy (non-hydrogen) atoms. The molecule has 0 amide bonds. The Kier molecular flexibility index (Phi) is 2.65. The minimum Gasteiger partial charge on any atom is -0.481 e. The van der Waals surface area contributed by atoms with Crippen molar-refractivity contribution in [3.63, 3.8) is 0 Å². The predicted molar refractivity (Wildman–Crippen MR) is 37.7 cm³/mol. The minimum absolute atomic E-state index is 0.00625. The van der Waals surface area contributed by atoms with Gasteiger partial charge in [0.2, 0.25) is 0 Å². The number of ether oxygens (including phenoxy) is 1. The molecule has 0 spiro atoms. The summed E-state index contributed by atoms with van der Waals surface area (Å²) in [6, 6.07) is 0. The summed E-state index contributed by atoms with van der Waals surface area (Å²) in [5, 5.41) is 17.0. The lowest BCUT2D eigenvalue weighted by atomic mass is 9.99. The average Bonchev–Trinajstić information content (AvgIpc) is 2.04. The van der Waals surface area contributed by atoms with Crippen LogP contribution in [0.2, 0.25) is 0 Å². The Morgan fingerprint density at radius 1 is 1.17 bits per heavy atom. The Balaban J connectivity index is 2.39. The Hall–Kier alpha value is -1.10. The van der Waals surface area contributed by atoms with E-state index in [9.17, 15) is 9.59 Å². The highest BCUT2D eigenvalue weighted by molar-refractivity contribution is 5.74. The van der Waals surface area contributed by atoms with Gasteiger partial charge >= 0.3 is 11.9 Å². The largest absolute Gasteiger partial charge is 0.481 e. The van der Waals surface area contributed by atoms with E-state index in [1.807, 2.05) is 0 Å². The monoisotopic (exact) mass is 174 g/mol. The Bertz CT molecular complexity index is 170. The van der Waals surface area contributed by atoms with E-state index in [2.05, 4.69) is 0 Å². The van der Waals surface area contributed by atoms with Crippen LogP contribution in [0.3, 0.4) is 0 Å². The molecule has 1 rings (SSSR count). The Labute approximate surface area is 68.9 Å². The van der Waals surface area contributed by atoms with Crippen LogP contribution in [0.4, 0.5) is 0 Å². The van der Waals surface area contributed by atoms with Crippen molar-refractivity contribution in [3.05, 3.63) is 0 Å². The van der Waals surface area contributed by atoms with Crippen molar-refractivity contribution >= 4 is 11.9 Å². The molecular formula is C7H10O5. The van der Waals surface area contributed by atoms with E-state index in [1.165, 1.54) is 0 Å². The molecule has 0 aromatic heterocycles. The molecule has 5 heteroatoms. The average molecular weight is 174 g/mol. The standard InChI is InChI=1S/C7H10O5/c8-6(9)4-1-2-5(7(10)11)12-3-4/h4-5H,1-3H2,(H,8,9)(H,10,11)/t4-,5+/m0/s1. The summed E-state index contributed by atoms with van der Waals surface area (Å²) < 4.78 is 4.83. The van der Waals surface area contributed by atoms with Crippen LogP contribution in [0.5, 0.6) is 0 Å². The number of aliphatic carboxylic acids is 2. The van der Waals surface area contributed by atoms with Gasteiger partial charge in [0.1, 0.15) is 0 Å². The van der Waals surface area contributed by atoms with Gasteiger partial charge in [-0.05, 0) is 12.8 Å². The lowest BCUT2D eigenvalue weighted by molar-refractivity contribution is -0.162. The van der Waals surface area contributed by atoms with E-state index in [-0.39, 0.29) is 13.0 Å². The summed E-state index contributed by atoms with van der Waals surface area (Å²) in [6.07, 6.45) is -0.154. The van der Waals surface area contributed by atoms with Gasteiger partial charge in [0.25, 0.3) is 0 Å². The normalized spacial score (nSPS) is 29.7. The summed E-state index contributed by atoms with van der Waals surface area (Å²) >= 11 is 0. The molecule has 0 unspecified atom stereocenters. The van der Waals surface area contributed by atoms with Gasteiger partial charge in [-0.1, -0.05) is 0 Å². The molecule has 1 aliphatic heterocycles. The van der Waals surface area contributed by atoms with Crippen molar-refractivity contribution in [2.24, 2.45) is 5.92 Å². The number of carbonyl (C=O) groups is 2. The van der Waals surface area contributed by atoms with Gasteiger partial charge in [0.05, 0.1) is 12.5 Å². The fourth-order valence-corrected chi connectivity index (χ4v) is 1.14. The van der Waals surface area contributed by atoms with Crippen molar-refractivity contribution in [2.45, 2.75) is 18.9 Å². The number of hydrogen-bond donors (Lipinski definition) is 2. The van der Waals surface area contributed by atoms with Crippen molar-refractivity contribution in [3.8, 4) is 0 Å². The summed E-state index contributed by atoms with van der Waals surface area (Å²) in [5.74, 6) is -2.47. The number of carboxylic acids is 2. The maximum absolute atomic E-state index is 10.4. The van der Waals surface area contributed by atoms with Gasteiger partial charge in [-0.3, -0.25) is 4.79 Å². The molecule has 1 aliphatic rings. The number of hydrogen-bond acceptors (Lipinski definition) is 3. The molecule has 0 saturated carbocycles. The number of carboxylic acid groups (broad SMARTS) is 2. The first-order chi connectivity index (χ1) is 5.61. The van der Waals surface area contributed by atoms with Gasteiger partial charge in [0, 0.05) is 0 Å². The highest BCUT2D eigenvalue weighted by Gasteiger charge is 2.30. The molecule has 0 aromatic carbocycles. The second-order valence-corrected chi connectivity index (χ2v) is 2.77. The third-order valence-electron chi connectivity index (χ3n) is 1.90. The van der Waals surface area contributed by atoms with E-state index in [1.54, 1.807) is 0 Å². The smallest absolute Gasteiger partial charge is 0.332 e. The van der Waals surface area contributed by atoms with E-state index in [4.69, 9.17) is 14.9 Å². The van der Waals surface area contributed by atoms with Crippen molar-refractivity contribution in [2.75, 3.05) is 6.61 Å². The fraction of sp³-hybridized carbons (Fsp3) is 0.714. The van der Waals surface area contributed by atoms with Crippen molar-refractivity contribution < 1.29 is 24.5 Å². The molecule has 1 heterocycles. The molecule has 0 aromatic rings. The quantitative estimate of drug-likeness (QED) is 0.613. The third kappa shape index (κ3) is 1.94. The highest BCUT2D eigenvalue weighted by atomic mass is 16.5. The van der Waals surface area contributed by atoms with Crippen LogP contribution in [0, 0.1) is 5.92 Å². The van der Waals surface area contributed by atoms with Gasteiger partial charge in [-0.25, -0.2) is 4.79 Å². The molecule has 68 valence electrons. The molecule has 2 N–H and O–H groups in total. The van der Waals surface area contributed by atoms with Crippen LogP contribution in [0.25, 0.3) is 0 Å². The van der Waals surface area contributed by atoms with Gasteiger partial charge in [0.15, 0.2) is 6.10 Å². The van der Waals surface area contributed by atoms with Gasteiger partial charge in [-0.2, -0.15) is 0 Å². The predicted octanol–water partition coefficient (Wildman–Crippen LogP) is -0.0492. The highest BCUT2D eigenvalue weighted by Crippen LogP contribution is 2.18. The summed E-state index contributed by atoms with van der Waals surface area (Å²) in [7, 11) is 0. The molecule has 1 fully saturated rings.